The fourth-order valence-electron chi connectivity index (χ4n) is 3.07. The van der Waals surface area contributed by atoms with Crippen LogP contribution in [0.15, 0.2) is 48.0 Å². The van der Waals surface area contributed by atoms with Gasteiger partial charge < -0.3 is 4.74 Å². The predicted molar refractivity (Wildman–Crippen MR) is 129 cm³/mol. The highest BCUT2D eigenvalue weighted by atomic mass is 35.5. The zero-order valence-corrected chi connectivity index (χ0v) is 19.5. The molecular weight excluding hydrogens is 432 g/mol. The molecule has 0 spiro atoms. The maximum atomic E-state index is 13.2. The van der Waals surface area contributed by atoms with E-state index < -0.39 is 11.8 Å². The van der Waals surface area contributed by atoms with E-state index in [2.05, 4.69) is 19.2 Å². The number of amides is 2. The highest BCUT2D eigenvalue weighted by Gasteiger charge is 2.34. The number of nitrogens with zero attached hydrogens (tertiary/aromatic N) is 1. The van der Waals surface area contributed by atoms with Crippen molar-refractivity contribution in [2.24, 2.45) is 0 Å². The van der Waals surface area contributed by atoms with Gasteiger partial charge in [-0.1, -0.05) is 50.6 Å². The van der Waals surface area contributed by atoms with Gasteiger partial charge in [0.25, 0.3) is 11.8 Å². The smallest absolute Gasteiger partial charge is 0.270 e. The standard InChI is InChI=1S/C24H25ClN2O3S/c1-5-15(4)30-21-11-6-16(13-20(21)25)12-19-22(28)26-24(31)27(23(19)29)18-9-7-17(8-10-18)14(2)3/h6-15H,5H2,1-4H3,(H,26,28,31)/b19-12+/t15-/m1/s1. The van der Waals surface area contributed by atoms with Crippen molar-refractivity contribution in [1.82, 2.24) is 5.32 Å². The van der Waals surface area contributed by atoms with Gasteiger partial charge in [0.2, 0.25) is 0 Å². The number of rotatable bonds is 6. The second-order valence-corrected chi connectivity index (χ2v) is 8.52. The van der Waals surface area contributed by atoms with E-state index in [1.165, 1.54) is 11.0 Å². The first kappa shape index (κ1) is 23.0. The van der Waals surface area contributed by atoms with E-state index in [1.54, 1.807) is 18.2 Å². The molecule has 1 heterocycles. The predicted octanol–water partition coefficient (Wildman–Crippen LogP) is 5.47. The Kier molecular flexibility index (Phi) is 7.13. The number of benzene rings is 2. The number of ether oxygens (including phenoxy) is 1. The van der Waals surface area contributed by atoms with E-state index in [1.807, 2.05) is 38.1 Å². The van der Waals surface area contributed by atoms with Gasteiger partial charge in [0.15, 0.2) is 5.11 Å². The number of nitrogens with one attached hydrogen (secondary N) is 1. The topological polar surface area (TPSA) is 58.6 Å². The Morgan fingerprint density at radius 1 is 1.13 bits per heavy atom. The average molecular weight is 457 g/mol. The van der Waals surface area contributed by atoms with Gasteiger partial charge in [-0.3, -0.25) is 19.8 Å². The first-order valence-corrected chi connectivity index (χ1v) is 11.0. The molecule has 0 aromatic heterocycles. The minimum Gasteiger partial charge on any atom is -0.489 e. The molecule has 1 fully saturated rings. The molecule has 31 heavy (non-hydrogen) atoms. The molecule has 0 saturated carbocycles. The highest BCUT2D eigenvalue weighted by Crippen LogP contribution is 2.29. The Balaban J connectivity index is 1.91. The number of hydrogen-bond donors (Lipinski definition) is 1. The monoisotopic (exact) mass is 456 g/mol. The lowest BCUT2D eigenvalue weighted by Crippen LogP contribution is -2.54. The van der Waals surface area contributed by atoms with Crippen molar-refractivity contribution >= 4 is 52.5 Å². The minimum absolute atomic E-state index is 0.0202. The minimum atomic E-state index is -0.541. The summed E-state index contributed by atoms with van der Waals surface area (Å²) in [6, 6.07) is 12.7. The van der Waals surface area contributed by atoms with Crippen molar-refractivity contribution in [2.45, 2.75) is 46.1 Å². The van der Waals surface area contributed by atoms with Gasteiger partial charge in [0.1, 0.15) is 11.3 Å². The fourth-order valence-corrected chi connectivity index (χ4v) is 3.58. The molecule has 1 N–H and O–H groups in total. The lowest BCUT2D eigenvalue weighted by molar-refractivity contribution is -0.122. The Morgan fingerprint density at radius 3 is 2.39 bits per heavy atom. The second kappa shape index (κ2) is 9.62. The molecule has 2 aromatic rings. The van der Waals surface area contributed by atoms with Crippen LogP contribution in [0.2, 0.25) is 5.02 Å². The average Bonchev–Trinajstić information content (AvgIpc) is 2.73. The Labute approximate surface area is 193 Å². The number of thiocarbonyl (C=S) groups is 1. The molecule has 5 nitrogen and oxygen atoms in total. The first-order chi connectivity index (χ1) is 14.7. The van der Waals surface area contributed by atoms with Gasteiger partial charge in [-0.15, -0.1) is 0 Å². The maximum absolute atomic E-state index is 13.2. The van der Waals surface area contributed by atoms with Crippen LogP contribution in [-0.4, -0.2) is 23.0 Å². The lowest BCUT2D eigenvalue weighted by atomic mass is 10.0. The molecule has 1 aliphatic heterocycles. The normalized spacial score (nSPS) is 16.6. The van der Waals surface area contributed by atoms with Crippen LogP contribution in [0.1, 0.15) is 51.2 Å². The van der Waals surface area contributed by atoms with E-state index >= 15 is 0 Å². The van der Waals surface area contributed by atoms with Crippen LogP contribution in [-0.2, 0) is 9.59 Å². The maximum Gasteiger partial charge on any atom is 0.270 e. The summed E-state index contributed by atoms with van der Waals surface area (Å²) < 4.78 is 5.77. The molecule has 1 atom stereocenters. The van der Waals surface area contributed by atoms with Crippen LogP contribution in [0, 0.1) is 0 Å². The molecular formula is C24H25ClN2O3S. The van der Waals surface area contributed by atoms with Gasteiger partial charge in [0, 0.05) is 0 Å². The molecule has 0 radical (unpaired) electrons. The van der Waals surface area contributed by atoms with Crippen molar-refractivity contribution in [2.75, 3.05) is 4.90 Å². The van der Waals surface area contributed by atoms with Crippen molar-refractivity contribution in [3.05, 3.63) is 64.2 Å². The Morgan fingerprint density at radius 2 is 1.81 bits per heavy atom. The quantitative estimate of drug-likeness (QED) is 0.355. The number of carbonyl (C=O) groups excluding carboxylic acids is 2. The molecule has 0 aliphatic carbocycles. The largest absolute Gasteiger partial charge is 0.489 e. The fraction of sp³-hybridized carbons (Fsp3) is 0.292. The van der Waals surface area contributed by atoms with Crippen LogP contribution in [0.3, 0.4) is 0 Å². The molecule has 2 amide bonds. The van der Waals surface area contributed by atoms with E-state index in [9.17, 15) is 9.59 Å². The van der Waals surface area contributed by atoms with E-state index in [4.69, 9.17) is 28.6 Å². The molecule has 2 aromatic carbocycles. The lowest BCUT2D eigenvalue weighted by Gasteiger charge is -2.29. The summed E-state index contributed by atoms with van der Waals surface area (Å²) in [7, 11) is 0. The zero-order chi connectivity index (χ0) is 22.7. The van der Waals surface area contributed by atoms with Crippen LogP contribution in [0.5, 0.6) is 5.75 Å². The van der Waals surface area contributed by atoms with Crippen LogP contribution >= 0.6 is 23.8 Å². The third-order valence-corrected chi connectivity index (χ3v) is 5.67. The molecule has 7 heteroatoms. The summed E-state index contributed by atoms with van der Waals surface area (Å²) in [6.45, 7) is 8.17. The summed E-state index contributed by atoms with van der Waals surface area (Å²) in [4.78, 5) is 27.0. The number of hydrogen-bond acceptors (Lipinski definition) is 4. The third kappa shape index (κ3) is 5.14. The molecule has 1 aliphatic rings. The molecule has 162 valence electrons. The highest BCUT2D eigenvalue weighted by molar-refractivity contribution is 7.80. The third-order valence-electron chi connectivity index (χ3n) is 5.09. The Bertz CT molecular complexity index is 1050. The summed E-state index contributed by atoms with van der Waals surface area (Å²) in [5.41, 5.74) is 2.34. The van der Waals surface area contributed by atoms with Gasteiger partial charge in [-0.25, -0.2) is 0 Å². The summed E-state index contributed by atoms with van der Waals surface area (Å²) in [5, 5.41) is 3.06. The van der Waals surface area contributed by atoms with Gasteiger partial charge in [0.05, 0.1) is 16.8 Å². The molecule has 0 unspecified atom stereocenters. The van der Waals surface area contributed by atoms with E-state index in [0.717, 1.165) is 12.0 Å². The zero-order valence-electron chi connectivity index (χ0n) is 17.9. The van der Waals surface area contributed by atoms with Gasteiger partial charge in [-0.2, -0.15) is 0 Å². The number of carbonyl (C=O) groups is 2. The van der Waals surface area contributed by atoms with E-state index in [0.29, 0.717) is 27.9 Å². The van der Waals surface area contributed by atoms with E-state index in [-0.39, 0.29) is 16.8 Å². The van der Waals surface area contributed by atoms with Crippen LogP contribution < -0.4 is 15.0 Å². The van der Waals surface area contributed by atoms with Crippen molar-refractivity contribution in [3.63, 3.8) is 0 Å². The number of halogens is 1. The molecule has 1 saturated heterocycles. The van der Waals surface area contributed by atoms with Crippen molar-refractivity contribution in [1.29, 1.82) is 0 Å². The van der Waals surface area contributed by atoms with Crippen LogP contribution in [0.25, 0.3) is 6.08 Å². The first-order valence-electron chi connectivity index (χ1n) is 10.2. The summed E-state index contributed by atoms with van der Waals surface area (Å²) in [5.74, 6) is -0.0981. The Hall–Kier alpha value is -2.70. The van der Waals surface area contributed by atoms with Crippen molar-refractivity contribution in [3.8, 4) is 5.75 Å². The number of anilines is 1. The summed E-state index contributed by atoms with van der Waals surface area (Å²) in [6.07, 6.45) is 2.39. The van der Waals surface area contributed by atoms with Crippen molar-refractivity contribution < 1.29 is 14.3 Å². The molecule has 0 bridgehead atoms. The second-order valence-electron chi connectivity index (χ2n) is 7.73. The van der Waals surface area contributed by atoms with Crippen LogP contribution in [0.4, 0.5) is 5.69 Å². The van der Waals surface area contributed by atoms with Gasteiger partial charge >= 0.3 is 0 Å². The SMILES string of the molecule is CC[C@@H](C)Oc1ccc(/C=C2\C(=O)NC(=S)N(c3ccc(C(C)C)cc3)C2=O)cc1Cl. The van der Waals surface area contributed by atoms with Gasteiger partial charge in [-0.05, 0) is 72.9 Å². The summed E-state index contributed by atoms with van der Waals surface area (Å²) >= 11 is 11.6. The molecule has 3 rings (SSSR count).